The van der Waals surface area contributed by atoms with E-state index in [2.05, 4.69) is 15.5 Å². The summed E-state index contributed by atoms with van der Waals surface area (Å²) in [5.41, 5.74) is 1.80. The molecule has 10 heteroatoms. The molecular formula is C19H19N5O4S. The van der Waals surface area contributed by atoms with Crippen molar-refractivity contribution in [1.29, 1.82) is 0 Å². The SMILES string of the molecule is COCC(=O)NCc1nnc(SCc2ccccc2)n1-c1ccc([N+](=O)[O-])cc1. The Morgan fingerprint density at radius 2 is 1.90 bits per heavy atom. The summed E-state index contributed by atoms with van der Waals surface area (Å²) in [6.45, 7) is 0.0966. The third kappa shape index (κ3) is 5.39. The second kappa shape index (κ2) is 9.80. The lowest BCUT2D eigenvalue weighted by Crippen LogP contribution is -2.27. The summed E-state index contributed by atoms with van der Waals surface area (Å²) >= 11 is 1.49. The fourth-order valence-electron chi connectivity index (χ4n) is 2.57. The normalized spacial score (nSPS) is 10.7. The minimum absolute atomic E-state index is 0.00439. The van der Waals surface area contributed by atoms with Crippen molar-refractivity contribution in [2.75, 3.05) is 13.7 Å². The van der Waals surface area contributed by atoms with Crippen LogP contribution in [0.5, 0.6) is 0 Å². The standard InChI is InChI=1S/C19H19N5O4S/c1-28-12-18(25)20-11-17-21-22-19(29-13-14-5-3-2-4-6-14)23(17)15-7-9-16(10-8-15)24(26)27/h2-10H,11-13H2,1H3,(H,20,25). The number of non-ortho nitro benzene ring substituents is 1. The van der Waals surface area contributed by atoms with Crippen LogP contribution in [0.1, 0.15) is 11.4 Å². The Kier molecular flexibility index (Phi) is 6.93. The number of carbonyl (C=O) groups is 1. The maximum atomic E-state index is 11.7. The van der Waals surface area contributed by atoms with Crippen LogP contribution in [-0.2, 0) is 21.8 Å². The average molecular weight is 413 g/mol. The molecule has 9 nitrogen and oxygen atoms in total. The third-order valence-electron chi connectivity index (χ3n) is 3.95. The zero-order valence-electron chi connectivity index (χ0n) is 15.6. The van der Waals surface area contributed by atoms with Gasteiger partial charge in [0.1, 0.15) is 6.61 Å². The summed E-state index contributed by atoms with van der Waals surface area (Å²) in [6.07, 6.45) is 0. The zero-order valence-corrected chi connectivity index (χ0v) is 16.5. The van der Waals surface area contributed by atoms with Gasteiger partial charge < -0.3 is 10.1 Å². The van der Waals surface area contributed by atoms with Crippen LogP contribution in [0.25, 0.3) is 5.69 Å². The molecule has 0 radical (unpaired) electrons. The predicted molar refractivity (Wildman–Crippen MR) is 108 cm³/mol. The molecule has 0 aliphatic rings. The first-order valence-electron chi connectivity index (χ1n) is 8.70. The lowest BCUT2D eigenvalue weighted by Gasteiger charge is -2.11. The second-order valence-corrected chi connectivity index (χ2v) is 6.93. The highest BCUT2D eigenvalue weighted by Crippen LogP contribution is 2.26. The first kappa shape index (κ1) is 20.5. The van der Waals surface area contributed by atoms with Gasteiger partial charge in [-0.1, -0.05) is 42.1 Å². The number of ether oxygens (including phenoxy) is 1. The van der Waals surface area contributed by atoms with E-state index in [0.717, 1.165) is 5.56 Å². The Bertz CT molecular complexity index is 976. The number of methoxy groups -OCH3 is 1. The van der Waals surface area contributed by atoms with E-state index in [9.17, 15) is 14.9 Å². The summed E-state index contributed by atoms with van der Waals surface area (Å²) in [5.74, 6) is 0.922. The van der Waals surface area contributed by atoms with E-state index in [-0.39, 0.29) is 24.7 Å². The van der Waals surface area contributed by atoms with E-state index in [1.54, 1.807) is 16.7 Å². The van der Waals surface area contributed by atoms with E-state index in [1.807, 2.05) is 30.3 Å². The summed E-state index contributed by atoms with van der Waals surface area (Å²) < 4.78 is 6.59. The topological polar surface area (TPSA) is 112 Å². The van der Waals surface area contributed by atoms with Crippen molar-refractivity contribution in [1.82, 2.24) is 20.1 Å². The van der Waals surface area contributed by atoms with Crippen LogP contribution >= 0.6 is 11.8 Å². The van der Waals surface area contributed by atoms with Crippen molar-refractivity contribution in [3.63, 3.8) is 0 Å². The van der Waals surface area contributed by atoms with Gasteiger partial charge in [-0.05, 0) is 17.7 Å². The molecule has 0 saturated heterocycles. The number of nitrogens with zero attached hydrogens (tertiary/aromatic N) is 4. The van der Waals surface area contributed by atoms with Crippen LogP contribution in [-0.4, -0.2) is 39.3 Å². The van der Waals surface area contributed by atoms with Gasteiger partial charge in [0.05, 0.1) is 11.5 Å². The molecule has 0 unspecified atom stereocenters. The number of hydrogen-bond acceptors (Lipinski definition) is 7. The van der Waals surface area contributed by atoms with E-state index in [4.69, 9.17) is 4.74 Å². The van der Waals surface area contributed by atoms with Crippen LogP contribution in [0, 0.1) is 10.1 Å². The molecule has 0 spiro atoms. The van der Waals surface area contributed by atoms with Crippen molar-refractivity contribution in [2.45, 2.75) is 17.5 Å². The Morgan fingerprint density at radius 1 is 1.17 bits per heavy atom. The number of rotatable bonds is 9. The largest absolute Gasteiger partial charge is 0.375 e. The molecular weight excluding hydrogens is 394 g/mol. The Labute approximate surface area is 171 Å². The van der Waals surface area contributed by atoms with Gasteiger partial charge >= 0.3 is 0 Å². The number of thioether (sulfide) groups is 1. The molecule has 1 aromatic heterocycles. The van der Waals surface area contributed by atoms with Crippen LogP contribution in [0.2, 0.25) is 0 Å². The van der Waals surface area contributed by atoms with Gasteiger partial charge in [-0.2, -0.15) is 0 Å². The summed E-state index contributed by atoms with van der Waals surface area (Å²) in [4.78, 5) is 22.2. The fraction of sp³-hybridized carbons (Fsp3) is 0.211. The highest BCUT2D eigenvalue weighted by atomic mass is 32.2. The smallest absolute Gasteiger partial charge is 0.269 e. The van der Waals surface area contributed by atoms with Crippen LogP contribution in [0.4, 0.5) is 5.69 Å². The molecule has 0 fully saturated rings. The summed E-state index contributed by atoms with van der Waals surface area (Å²) in [7, 11) is 1.44. The van der Waals surface area contributed by atoms with E-state index in [1.165, 1.54) is 31.0 Å². The van der Waals surface area contributed by atoms with Gasteiger partial charge in [-0.25, -0.2) is 0 Å². The van der Waals surface area contributed by atoms with Gasteiger partial charge in [0.15, 0.2) is 11.0 Å². The van der Waals surface area contributed by atoms with Gasteiger partial charge in [0, 0.05) is 30.7 Å². The van der Waals surface area contributed by atoms with E-state index in [0.29, 0.717) is 22.4 Å². The zero-order chi connectivity index (χ0) is 20.6. The molecule has 1 heterocycles. The van der Waals surface area contributed by atoms with Gasteiger partial charge in [-0.3, -0.25) is 19.5 Å². The van der Waals surface area contributed by atoms with Gasteiger partial charge in [-0.15, -0.1) is 10.2 Å². The van der Waals surface area contributed by atoms with Gasteiger partial charge in [0.25, 0.3) is 5.69 Å². The van der Waals surface area contributed by atoms with Crippen LogP contribution in [0.15, 0.2) is 59.8 Å². The van der Waals surface area contributed by atoms with Gasteiger partial charge in [0.2, 0.25) is 5.91 Å². The minimum atomic E-state index is -0.452. The van der Waals surface area contributed by atoms with E-state index < -0.39 is 4.92 Å². The molecule has 0 aliphatic heterocycles. The molecule has 150 valence electrons. The Balaban J connectivity index is 1.86. The highest BCUT2D eigenvalue weighted by Gasteiger charge is 2.16. The van der Waals surface area contributed by atoms with Crippen LogP contribution < -0.4 is 5.32 Å². The number of carbonyl (C=O) groups excluding carboxylic acids is 1. The molecule has 3 rings (SSSR count). The summed E-state index contributed by atoms with van der Waals surface area (Å²) in [5, 5.41) is 22.7. The Hall–Kier alpha value is -3.24. The molecule has 0 atom stereocenters. The number of hydrogen-bond donors (Lipinski definition) is 1. The molecule has 0 bridgehead atoms. The average Bonchev–Trinajstić information content (AvgIpc) is 3.14. The monoisotopic (exact) mass is 413 g/mol. The maximum Gasteiger partial charge on any atom is 0.269 e. The van der Waals surface area contributed by atoms with Crippen molar-refractivity contribution in [3.8, 4) is 5.69 Å². The number of nitro groups is 1. The molecule has 1 N–H and O–H groups in total. The fourth-order valence-corrected chi connectivity index (χ4v) is 3.50. The number of nitrogens with one attached hydrogen (secondary N) is 1. The Morgan fingerprint density at radius 3 is 2.55 bits per heavy atom. The van der Waals surface area contributed by atoms with Crippen molar-refractivity contribution < 1.29 is 14.5 Å². The van der Waals surface area contributed by atoms with Crippen molar-refractivity contribution in [3.05, 3.63) is 76.1 Å². The van der Waals surface area contributed by atoms with Crippen LogP contribution in [0.3, 0.4) is 0 Å². The van der Waals surface area contributed by atoms with E-state index >= 15 is 0 Å². The minimum Gasteiger partial charge on any atom is -0.375 e. The van der Waals surface area contributed by atoms with Crippen molar-refractivity contribution >= 4 is 23.4 Å². The maximum absolute atomic E-state index is 11.7. The van der Waals surface area contributed by atoms with Crippen molar-refractivity contribution in [2.24, 2.45) is 0 Å². The molecule has 0 aliphatic carbocycles. The molecule has 29 heavy (non-hydrogen) atoms. The first-order chi connectivity index (χ1) is 14.1. The molecule has 3 aromatic rings. The summed E-state index contributed by atoms with van der Waals surface area (Å²) in [6, 6.07) is 16.0. The number of aromatic nitrogens is 3. The lowest BCUT2D eigenvalue weighted by molar-refractivity contribution is -0.384. The second-order valence-electron chi connectivity index (χ2n) is 5.99. The number of benzene rings is 2. The molecule has 1 amide bonds. The molecule has 0 saturated carbocycles. The first-order valence-corrected chi connectivity index (χ1v) is 9.68. The predicted octanol–water partition coefficient (Wildman–Crippen LogP) is 2.73. The number of amides is 1. The lowest BCUT2D eigenvalue weighted by atomic mass is 10.2. The molecule has 2 aromatic carbocycles. The highest BCUT2D eigenvalue weighted by molar-refractivity contribution is 7.98. The quantitative estimate of drug-likeness (QED) is 0.326. The third-order valence-corrected chi connectivity index (χ3v) is 4.95. The number of nitro benzene ring substituents is 1.